The summed E-state index contributed by atoms with van der Waals surface area (Å²) in [6, 6.07) is 14.9. The Morgan fingerprint density at radius 3 is 2.60 bits per heavy atom. The molecule has 0 spiro atoms. The van der Waals surface area contributed by atoms with Crippen molar-refractivity contribution in [3.63, 3.8) is 0 Å². The second-order valence-electron chi connectivity index (χ2n) is 5.13. The molecular formula is C17H13N3O2S3. The summed E-state index contributed by atoms with van der Waals surface area (Å²) in [6.45, 7) is 1.94. The summed E-state index contributed by atoms with van der Waals surface area (Å²) < 4.78 is 28.3. The van der Waals surface area contributed by atoms with Gasteiger partial charge in [-0.2, -0.15) is 5.26 Å². The van der Waals surface area contributed by atoms with E-state index >= 15 is 0 Å². The molecule has 1 heterocycles. The van der Waals surface area contributed by atoms with Gasteiger partial charge >= 0.3 is 0 Å². The van der Waals surface area contributed by atoms with Crippen LogP contribution in [0.5, 0.6) is 0 Å². The van der Waals surface area contributed by atoms with Crippen LogP contribution in [0.25, 0.3) is 0 Å². The maximum absolute atomic E-state index is 12.4. The minimum Gasteiger partial charge on any atom is -0.280 e. The van der Waals surface area contributed by atoms with Crippen molar-refractivity contribution in [2.45, 2.75) is 21.1 Å². The van der Waals surface area contributed by atoms with Gasteiger partial charge in [0.25, 0.3) is 10.0 Å². The number of thiazole rings is 1. The van der Waals surface area contributed by atoms with Crippen LogP contribution in [0.15, 0.2) is 68.0 Å². The SMILES string of the molecule is Cc1csc(Sc2ccc(NS(=O)(=O)c3cccc(C#N)c3)cc2)n1. The zero-order valence-corrected chi connectivity index (χ0v) is 15.6. The van der Waals surface area contributed by atoms with Crippen LogP contribution < -0.4 is 4.72 Å². The molecule has 1 N–H and O–H groups in total. The number of sulfonamides is 1. The third-order valence-electron chi connectivity index (χ3n) is 3.18. The zero-order chi connectivity index (χ0) is 17.9. The molecule has 8 heteroatoms. The Kier molecular flexibility index (Phi) is 5.08. The Morgan fingerprint density at radius 1 is 1.20 bits per heavy atom. The highest BCUT2D eigenvalue weighted by Gasteiger charge is 2.14. The summed E-state index contributed by atoms with van der Waals surface area (Å²) >= 11 is 3.10. The zero-order valence-electron chi connectivity index (χ0n) is 13.1. The van der Waals surface area contributed by atoms with E-state index in [0.29, 0.717) is 11.3 Å². The Morgan fingerprint density at radius 2 is 1.96 bits per heavy atom. The van der Waals surface area contributed by atoms with Crippen molar-refractivity contribution >= 4 is 38.8 Å². The minimum absolute atomic E-state index is 0.0586. The first-order valence-electron chi connectivity index (χ1n) is 7.19. The molecule has 0 atom stereocenters. The van der Waals surface area contributed by atoms with Crippen molar-refractivity contribution < 1.29 is 8.42 Å². The van der Waals surface area contributed by atoms with Crippen LogP contribution in [0.3, 0.4) is 0 Å². The molecular weight excluding hydrogens is 374 g/mol. The van der Waals surface area contributed by atoms with Crippen molar-refractivity contribution in [1.29, 1.82) is 5.26 Å². The Labute approximate surface area is 154 Å². The maximum Gasteiger partial charge on any atom is 0.261 e. The first-order chi connectivity index (χ1) is 12.0. The molecule has 0 aliphatic carbocycles. The lowest BCUT2D eigenvalue weighted by Crippen LogP contribution is -2.12. The summed E-state index contributed by atoms with van der Waals surface area (Å²) in [4.78, 5) is 5.42. The first kappa shape index (κ1) is 17.5. The molecule has 0 fully saturated rings. The van der Waals surface area contributed by atoms with Gasteiger partial charge in [-0.1, -0.05) is 17.8 Å². The molecule has 0 aliphatic rings. The van der Waals surface area contributed by atoms with Crippen LogP contribution in [0, 0.1) is 18.3 Å². The maximum atomic E-state index is 12.4. The highest BCUT2D eigenvalue weighted by Crippen LogP contribution is 2.31. The van der Waals surface area contributed by atoms with E-state index in [2.05, 4.69) is 9.71 Å². The molecule has 126 valence electrons. The molecule has 0 saturated carbocycles. The Bertz CT molecular complexity index is 1040. The van der Waals surface area contributed by atoms with Gasteiger partial charge in [-0.05, 0) is 49.4 Å². The van der Waals surface area contributed by atoms with E-state index in [1.54, 1.807) is 35.6 Å². The van der Waals surface area contributed by atoms with Crippen molar-refractivity contribution in [2.75, 3.05) is 4.72 Å². The molecule has 3 aromatic rings. The van der Waals surface area contributed by atoms with Crippen LogP contribution in [-0.4, -0.2) is 13.4 Å². The highest BCUT2D eigenvalue weighted by atomic mass is 32.2. The number of anilines is 1. The van der Waals surface area contributed by atoms with Crippen LogP contribution in [0.4, 0.5) is 5.69 Å². The van der Waals surface area contributed by atoms with E-state index in [0.717, 1.165) is 14.9 Å². The van der Waals surface area contributed by atoms with Crippen molar-refractivity contribution in [3.8, 4) is 6.07 Å². The molecule has 3 rings (SSSR count). The summed E-state index contributed by atoms with van der Waals surface area (Å²) in [6.07, 6.45) is 0. The average Bonchev–Trinajstić information content (AvgIpc) is 3.01. The van der Waals surface area contributed by atoms with Crippen LogP contribution in [-0.2, 0) is 10.0 Å². The van der Waals surface area contributed by atoms with E-state index < -0.39 is 10.0 Å². The highest BCUT2D eigenvalue weighted by molar-refractivity contribution is 8.01. The van der Waals surface area contributed by atoms with Gasteiger partial charge in [-0.15, -0.1) is 11.3 Å². The predicted octanol–water partition coefficient (Wildman–Crippen LogP) is 4.28. The third-order valence-corrected chi connectivity index (χ3v) is 6.63. The summed E-state index contributed by atoms with van der Waals surface area (Å²) in [5.41, 5.74) is 1.74. The molecule has 0 amide bonds. The van der Waals surface area contributed by atoms with Crippen molar-refractivity contribution in [1.82, 2.24) is 4.98 Å². The molecule has 0 unspecified atom stereocenters. The number of nitrogens with one attached hydrogen (secondary N) is 1. The predicted molar refractivity (Wildman–Crippen MR) is 99.4 cm³/mol. The quantitative estimate of drug-likeness (QED) is 0.707. The molecule has 25 heavy (non-hydrogen) atoms. The van der Waals surface area contributed by atoms with Crippen LogP contribution in [0.1, 0.15) is 11.3 Å². The number of aromatic nitrogens is 1. The van der Waals surface area contributed by atoms with Gasteiger partial charge in [0.05, 0.1) is 16.5 Å². The topological polar surface area (TPSA) is 82.9 Å². The number of nitrogens with zero attached hydrogens (tertiary/aromatic N) is 2. The van der Waals surface area contributed by atoms with E-state index in [9.17, 15) is 8.42 Å². The monoisotopic (exact) mass is 387 g/mol. The molecule has 0 bridgehead atoms. The van der Waals surface area contributed by atoms with Gasteiger partial charge in [-0.25, -0.2) is 13.4 Å². The minimum atomic E-state index is -3.73. The number of hydrogen-bond donors (Lipinski definition) is 1. The fourth-order valence-electron chi connectivity index (χ4n) is 2.02. The molecule has 2 aromatic carbocycles. The summed E-state index contributed by atoms with van der Waals surface area (Å²) in [5.74, 6) is 0. The van der Waals surface area contributed by atoms with E-state index in [-0.39, 0.29) is 4.90 Å². The standard InChI is InChI=1S/C17H13N3O2S3/c1-12-11-23-17(19-12)24-15-7-5-14(6-8-15)20-25(21,22)16-4-2-3-13(9-16)10-18/h2-9,11,20H,1H3. The number of benzene rings is 2. The fourth-order valence-corrected chi connectivity index (χ4v) is 4.93. The first-order valence-corrected chi connectivity index (χ1v) is 10.4. The van der Waals surface area contributed by atoms with Crippen LogP contribution in [0.2, 0.25) is 0 Å². The van der Waals surface area contributed by atoms with E-state index in [1.807, 2.05) is 30.5 Å². The largest absolute Gasteiger partial charge is 0.280 e. The van der Waals surface area contributed by atoms with E-state index in [1.165, 1.54) is 23.9 Å². The van der Waals surface area contributed by atoms with Crippen molar-refractivity contribution in [2.24, 2.45) is 0 Å². The number of rotatable bonds is 5. The normalized spacial score (nSPS) is 11.0. The van der Waals surface area contributed by atoms with E-state index in [4.69, 9.17) is 5.26 Å². The Hall–Kier alpha value is -2.34. The van der Waals surface area contributed by atoms with Gasteiger partial charge < -0.3 is 0 Å². The molecule has 1 aromatic heterocycles. The van der Waals surface area contributed by atoms with Crippen LogP contribution >= 0.6 is 23.1 Å². The molecule has 0 saturated heterocycles. The fraction of sp³-hybridized carbons (Fsp3) is 0.0588. The summed E-state index contributed by atoms with van der Waals surface area (Å²) in [7, 11) is -3.73. The Balaban J connectivity index is 1.75. The van der Waals surface area contributed by atoms with Gasteiger partial charge in [0.1, 0.15) is 0 Å². The van der Waals surface area contributed by atoms with Crippen molar-refractivity contribution in [3.05, 3.63) is 65.2 Å². The third kappa shape index (κ3) is 4.39. The van der Waals surface area contributed by atoms with Gasteiger partial charge in [-0.3, -0.25) is 4.72 Å². The second-order valence-corrected chi connectivity index (χ2v) is 8.99. The van der Waals surface area contributed by atoms with Gasteiger partial charge in [0.15, 0.2) is 4.34 Å². The van der Waals surface area contributed by atoms with Gasteiger partial charge in [0.2, 0.25) is 0 Å². The van der Waals surface area contributed by atoms with Gasteiger partial charge in [0, 0.05) is 21.7 Å². The molecule has 0 radical (unpaired) electrons. The number of aryl methyl sites for hydroxylation is 1. The molecule has 5 nitrogen and oxygen atoms in total. The lowest BCUT2D eigenvalue weighted by Gasteiger charge is -2.09. The number of hydrogen-bond acceptors (Lipinski definition) is 6. The summed E-state index contributed by atoms with van der Waals surface area (Å²) in [5, 5.41) is 10.9. The smallest absolute Gasteiger partial charge is 0.261 e. The second kappa shape index (κ2) is 7.27. The molecule has 0 aliphatic heterocycles. The number of nitriles is 1. The average molecular weight is 388 g/mol. The lowest BCUT2D eigenvalue weighted by atomic mass is 10.2. The lowest BCUT2D eigenvalue weighted by molar-refractivity contribution is 0.601.